The van der Waals surface area contributed by atoms with E-state index in [-0.39, 0.29) is 12.1 Å². The number of hydrogen-bond acceptors (Lipinski definition) is 7. The van der Waals surface area contributed by atoms with Gasteiger partial charge in [-0.05, 0) is 18.2 Å². The van der Waals surface area contributed by atoms with E-state index in [9.17, 15) is 22.2 Å². The number of esters is 1. The van der Waals surface area contributed by atoms with Crippen LogP contribution in [0.1, 0.15) is 10.4 Å². The van der Waals surface area contributed by atoms with Crippen molar-refractivity contribution < 1.29 is 31.6 Å². The van der Waals surface area contributed by atoms with Gasteiger partial charge in [0.05, 0.1) is 34.6 Å². The fourth-order valence-electron chi connectivity index (χ4n) is 2.26. The van der Waals surface area contributed by atoms with E-state index in [4.69, 9.17) is 9.47 Å². The molecule has 1 aromatic carbocycles. The predicted octanol–water partition coefficient (Wildman–Crippen LogP) is 0.229. The van der Waals surface area contributed by atoms with E-state index in [1.807, 2.05) is 4.90 Å². The second kappa shape index (κ2) is 7.82. The van der Waals surface area contributed by atoms with Crippen molar-refractivity contribution in [2.45, 2.75) is 6.10 Å². The molecule has 1 aliphatic heterocycles. The third-order valence-corrected chi connectivity index (χ3v) is 4.07. The van der Waals surface area contributed by atoms with Gasteiger partial charge < -0.3 is 14.0 Å². The second-order valence-electron chi connectivity index (χ2n) is 5.17. The van der Waals surface area contributed by atoms with E-state index in [1.165, 1.54) is 18.2 Å². The van der Waals surface area contributed by atoms with E-state index >= 15 is 0 Å². The lowest BCUT2D eigenvalue weighted by molar-refractivity contribution is 0.000904. The smallest absolute Gasteiger partial charge is 0.338 e. The standard InChI is InChI=1S/C14H18FNO6S/c15-12-3-1-2-11(8-12)14(17)22-13(10-23(18,19)20)9-16-4-6-21-7-5-16/h1-3,8,13H,4-7,9-10H2,(H,18,19,20)/p-1. The van der Waals surface area contributed by atoms with Crippen LogP contribution in [0.4, 0.5) is 4.39 Å². The first-order valence-corrected chi connectivity index (χ1v) is 8.61. The number of rotatable bonds is 6. The Hall–Kier alpha value is -1.55. The lowest BCUT2D eigenvalue weighted by Crippen LogP contribution is -2.44. The molecule has 0 bridgehead atoms. The van der Waals surface area contributed by atoms with Gasteiger partial charge in [0.15, 0.2) is 0 Å². The summed E-state index contributed by atoms with van der Waals surface area (Å²) in [5, 5.41) is 0. The molecule has 0 aliphatic carbocycles. The molecule has 0 spiro atoms. The Labute approximate surface area is 133 Å². The molecule has 7 nitrogen and oxygen atoms in total. The van der Waals surface area contributed by atoms with Gasteiger partial charge in [-0.25, -0.2) is 17.6 Å². The molecule has 0 N–H and O–H groups in total. The van der Waals surface area contributed by atoms with Crippen LogP contribution in [0.5, 0.6) is 0 Å². The third kappa shape index (κ3) is 6.22. The van der Waals surface area contributed by atoms with Gasteiger partial charge in [-0.3, -0.25) is 4.90 Å². The summed E-state index contributed by atoms with van der Waals surface area (Å²) in [5.41, 5.74) is -0.0414. The summed E-state index contributed by atoms with van der Waals surface area (Å²) >= 11 is 0. The number of nitrogens with zero attached hydrogens (tertiary/aromatic N) is 1. The number of halogens is 1. The van der Waals surface area contributed by atoms with E-state index in [1.54, 1.807) is 0 Å². The third-order valence-electron chi connectivity index (χ3n) is 3.29. The summed E-state index contributed by atoms with van der Waals surface area (Å²) in [6.07, 6.45) is -1.12. The van der Waals surface area contributed by atoms with Crippen molar-refractivity contribution in [3.05, 3.63) is 35.6 Å². The second-order valence-corrected chi connectivity index (χ2v) is 6.62. The molecule has 1 aromatic rings. The molecule has 1 fully saturated rings. The quantitative estimate of drug-likeness (QED) is 0.537. The van der Waals surface area contributed by atoms with Crippen molar-refractivity contribution in [1.82, 2.24) is 4.90 Å². The van der Waals surface area contributed by atoms with Crippen LogP contribution in [0.2, 0.25) is 0 Å². The summed E-state index contributed by atoms with van der Waals surface area (Å²) in [5.74, 6) is -2.31. The monoisotopic (exact) mass is 346 g/mol. The Bertz CT molecular complexity index is 644. The van der Waals surface area contributed by atoms with Crippen molar-refractivity contribution in [2.24, 2.45) is 0 Å². The van der Waals surface area contributed by atoms with E-state index in [0.717, 1.165) is 6.07 Å². The van der Waals surface area contributed by atoms with Crippen LogP contribution in [-0.2, 0) is 19.6 Å². The predicted molar refractivity (Wildman–Crippen MR) is 77.4 cm³/mol. The largest absolute Gasteiger partial charge is 0.748 e. The molecule has 9 heteroatoms. The topological polar surface area (TPSA) is 96.0 Å². The summed E-state index contributed by atoms with van der Waals surface area (Å²) in [4.78, 5) is 13.9. The molecule has 1 saturated heterocycles. The lowest BCUT2D eigenvalue weighted by Gasteiger charge is -2.30. The summed E-state index contributed by atoms with van der Waals surface area (Å²) < 4.78 is 56.4. The Kier molecular flexibility index (Phi) is 6.05. The zero-order valence-electron chi connectivity index (χ0n) is 12.3. The first-order chi connectivity index (χ1) is 10.8. The fraction of sp³-hybridized carbons (Fsp3) is 0.500. The van der Waals surface area contributed by atoms with Crippen molar-refractivity contribution in [2.75, 3.05) is 38.6 Å². The Morgan fingerprint density at radius 1 is 1.39 bits per heavy atom. The first kappa shape index (κ1) is 17.8. The molecular formula is C14H17FNO6S-. The molecule has 1 unspecified atom stereocenters. The van der Waals surface area contributed by atoms with Gasteiger partial charge in [0.2, 0.25) is 0 Å². The molecule has 0 aromatic heterocycles. The van der Waals surface area contributed by atoms with Crippen LogP contribution in [0.3, 0.4) is 0 Å². The van der Waals surface area contributed by atoms with Crippen LogP contribution >= 0.6 is 0 Å². The van der Waals surface area contributed by atoms with Gasteiger partial charge in [0.1, 0.15) is 11.9 Å². The molecule has 0 saturated carbocycles. The van der Waals surface area contributed by atoms with E-state index < -0.39 is 33.8 Å². The number of benzene rings is 1. The van der Waals surface area contributed by atoms with E-state index in [0.29, 0.717) is 26.3 Å². The van der Waals surface area contributed by atoms with Crippen LogP contribution in [-0.4, -0.2) is 68.5 Å². The number of morpholine rings is 1. The highest BCUT2D eigenvalue weighted by atomic mass is 32.2. The summed E-state index contributed by atoms with van der Waals surface area (Å²) in [6.45, 7) is 2.16. The van der Waals surface area contributed by atoms with Gasteiger partial charge in [-0.2, -0.15) is 0 Å². The van der Waals surface area contributed by atoms with Crippen molar-refractivity contribution in [3.8, 4) is 0 Å². The summed E-state index contributed by atoms with van der Waals surface area (Å²) in [7, 11) is -4.57. The van der Waals surface area contributed by atoms with Gasteiger partial charge >= 0.3 is 5.97 Å². The number of ether oxygens (including phenoxy) is 2. The van der Waals surface area contributed by atoms with Crippen molar-refractivity contribution >= 4 is 16.1 Å². The van der Waals surface area contributed by atoms with Gasteiger partial charge in [-0.1, -0.05) is 6.07 Å². The molecular weight excluding hydrogens is 329 g/mol. The average Bonchev–Trinajstić information content (AvgIpc) is 2.46. The molecule has 1 atom stereocenters. The van der Waals surface area contributed by atoms with Crippen molar-refractivity contribution in [3.63, 3.8) is 0 Å². The molecule has 23 heavy (non-hydrogen) atoms. The molecule has 2 rings (SSSR count). The molecule has 128 valence electrons. The Morgan fingerprint density at radius 3 is 2.70 bits per heavy atom. The highest BCUT2D eigenvalue weighted by Gasteiger charge is 2.23. The number of carbonyl (C=O) groups excluding carboxylic acids is 1. The number of hydrogen-bond donors (Lipinski definition) is 0. The lowest BCUT2D eigenvalue weighted by atomic mass is 10.2. The maximum atomic E-state index is 13.1. The SMILES string of the molecule is O=C(OC(CN1CCOCC1)CS(=O)(=O)[O-])c1cccc(F)c1. The van der Waals surface area contributed by atoms with Crippen LogP contribution in [0, 0.1) is 5.82 Å². The molecule has 1 heterocycles. The highest BCUT2D eigenvalue weighted by Crippen LogP contribution is 2.10. The van der Waals surface area contributed by atoms with Crippen LogP contribution in [0.15, 0.2) is 24.3 Å². The maximum absolute atomic E-state index is 13.1. The zero-order chi connectivity index (χ0) is 16.9. The maximum Gasteiger partial charge on any atom is 0.338 e. The fourth-order valence-corrected chi connectivity index (χ4v) is 2.89. The first-order valence-electron chi connectivity index (χ1n) is 7.04. The highest BCUT2D eigenvalue weighted by molar-refractivity contribution is 7.85. The van der Waals surface area contributed by atoms with Gasteiger partial charge in [0, 0.05) is 19.6 Å². The van der Waals surface area contributed by atoms with Crippen molar-refractivity contribution in [1.29, 1.82) is 0 Å². The molecule has 0 radical (unpaired) electrons. The Balaban J connectivity index is 2.05. The minimum absolute atomic E-state index is 0.0414. The number of carbonyl (C=O) groups is 1. The van der Waals surface area contributed by atoms with Gasteiger partial charge in [0.25, 0.3) is 0 Å². The van der Waals surface area contributed by atoms with Crippen LogP contribution in [0.25, 0.3) is 0 Å². The minimum atomic E-state index is -4.57. The summed E-state index contributed by atoms with van der Waals surface area (Å²) in [6, 6.07) is 4.85. The minimum Gasteiger partial charge on any atom is -0.748 e. The van der Waals surface area contributed by atoms with Gasteiger partial charge in [-0.15, -0.1) is 0 Å². The molecule has 0 amide bonds. The van der Waals surface area contributed by atoms with E-state index in [2.05, 4.69) is 0 Å². The Morgan fingerprint density at radius 2 is 2.09 bits per heavy atom. The zero-order valence-corrected chi connectivity index (χ0v) is 13.1. The van der Waals surface area contributed by atoms with Crippen LogP contribution < -0.4 is 0 Å². The normalized spacial score (nSPS) is 17.7. The average molecular weight is 346 g/mol. The molecule has 1 aliphatic rings.